The lowest BCUT2D eigenvalue weighted by Crippen LogP contribution is -2.04. The van der Waals surface area contributed by atoms with Crippen LogP contribution in [0.1, 0.15) is 18.1 Å². The minimum atomic E-state index is -0.390. The van der Waals surface area contributed by atoms with E-state index in [1.807, 2.05) is 25.1 Å². The van der Waals surface area contributed by atoms with Crippen molar-refractivity contribution >= 4 is 56.4 Å². The summed E-state index contributed by atoms with van der Waals surface area (Å²) in [7, 11) is 0. The molecule has 0 heterocycles. The van der Waals surface area contributed by atoms with Gasteiger partial charge in [-0.3, -0.25) is 0 Å². The minimum absolute atomic E-state index is 0.184. The molecule has 3 nitrogen and oxygen atoms in total. The van der Waals surface area contributed by atoms with Crippen molar-refractivity contribution in [1.29, 1.82) is 0 Å². The Balaban J connectivity index is 1.77. The van der Waals surface area contributed by atoms with Crippen LogP contribution in [0.3, 0.4) is 0 Å². The molecule has 30 heavy (non-hydrogen) atoms. The monoisotopic (exact) mass is 531 g/mol. The van der Waals surface area contributed by atoms with Crippen LogP contribution < -0.4 is 14.8 Å². The third-order valence-electron chi connectivity index (χ3n) is 4.21. The average molecular weight is 534 g/mol. The smallest absolute Gasteiger partial charge is 0.162 e. The van der Waals surface area contributed by atoms with Crippen molar-refractivity contribution in [3.05, 3.63) is 85.0 Å². The molecule has 1 N–H and O–H groups in total. The highest BCUT2D eigenvalue weighted by Gasteiger charge is 2.13. The van der Waals surface area contributed by atoms with Gasteiger partial charge in [-0.15, -0.1) is 0 Å². The Hall–Kier alpha value is -1.66. The Morgan fingerprint density at radius 2 is 1.67 bits per heavy atom. The predicted octanol–water partition coefficient (Wildman–Crippen LogP) is 8.14. The summed E-state index contributed by atoms with van der Waals surface area (Å²) in [4.78, 5) is 0. The van der Waals surface area contributed by atoms with Gasteiger partial charge >= 0.3 is 0 Å². The standard InChI is InChI=1S/C22H18BrCl3FNO2/c1-2-29-21-7-14(11-28-20-6-4-15(24)8-19(20)26)17(23)10-22(21)30-12-13-3-5-16(27)9-18(13)25/h3-10,28H,2,11-12H2,1H3. The van der Waals surface area contributed by atoms with E-state index in [-0.39, 0.29) is 12.4 Å². The fraction of sp³-hybridized carbons (Fsp3) is 0.182. The van der Waals surface area contributed by atoms with Crippen molar-refractivity contribution in [3.8, 4) is 11.5 Å². The van der Waals surface area contributed by atoms with Gasteiger partial charge in [0.2, 0.25) is 0 Å². The highest BCUT2D eigenvalue weighted by molar-refractivity contribution is 9.10. The molecular formula is C22H18BrCl3FNO2. The summed E-state index contributed by atoms with van der Waals surface area (Å²) in [6, 6.07) is 13.2. The Kier molecular flexibility index (Phi) is 8.12. The molecule has 0 unspecified atom stereocenters. The second-order valence-corrected chi connectivity index (χ2v) is 8.43. The number of ether oxygens (including phenoxy) is 2. The van der Waals surface area contributed by atoms with Crippen LogP contribution in [0, 0.1) is 5.82 Å². The van der Waals surface area contributed by atoms with Crippen molar-refractivity contribution in [3.63, 3.8) is 0 Å². The van der Waals surface area contributed by atoms with Crippen LogP contribution in [-0.4, -0.2) is 6.61 Å². The number of benzene rings is 3. The molecule has 0 amide bonds. The molecular weight excluding hydrogens is 516 g/mol. The van der Waals surface area contributed by atoms with Crippen LogP contribution in [-0.2, 0) is 13.2 Å². The summed E-state index contributed by atoms with van der Waals surface area (Å²) in [6.45, 7) is 3.06. The normalized spacial score (nSPS) is 10.7. The zero-order chi connectivity index (χ0) is 21.7. The lowest BCUT2D eigenvalue weighted by molar-refractivity contribution is 0.269. The van der Waals surface area contributed by atoms with Crippen LogP contribution >= 0.6 is 50.7 Å². The maximum Gasteiger partial charge on any atom is 0.162 e. The zero-order valence-electron chi connectivity index (χ0n) is 15.9. The highest BCUT2D eigenvalue weighted by atomic mass is 79.9. The molecule has 0 atom stereocenters. The summed E-state index contributed by atoms with van der Waals surface area (Å²) in [5.74, 6) is 0.759. The molecule has 0 spiro atoms. The van der Waals surface area contributed by atoms with E-state index < -0.39 is 0 Å². The minimum Gasteiger partial charge on any atom is -0.490 e. The van der Waals surface area contributed by atoms with Gasteiger partial charge in [0, 0.05) is 21.6 Å². The van der Waals surface area contributed by atoms with Gasteiger partial charge in [-0.1, -0.05) is 56.8 Å². The fourth-order valence-corrected chi connectivity index (χ4v) is 3.87. The van der Waals surface area contributed by atoms with E-state index in [0.29, 0.717) is 45.3 Å². The van der Waals surface area contributed by atoms with Crippen molar-refractivity contribution in [2.45, 2.75) is 20.1 Å². The molecule has 8 heteroatoms. The first-order valence-electron chi connectivity index (χ1n) is 9.08. The number of halogens is 5. The second kappa shape index (κ2) is 10.6. The first-order chi connectivity index (χ1) is 14.4. The van der Waals surface area contributed by atoms with Crippen LogP contribution in [0.4, 0.5) is 10.1 Å². The molecule has 3 aromatic carbocycles. The van der Waals surface area contributed by atoms with Crippen LogP contribution in [0.2, 0.25) is 15.1 Å². The Bertz CT molecular complexity index is 1050. The molecule has 3 rings (SSSR count). The lowest BCUT2D eigenvalue weighted by atomic mass is 10.2. The molecule has 0 radical (unpaired) electrons. The van der Waals surface area contributed by atoms with Gasteiger partial charge in [0.1, 0.15) is 12.4 Å². The quantitative estimate of drug-likeness (QED) is 0.317. The Morgan fingerprint density at radius 3 is 2.37 bits per heavy atom. The summed E-state index contributed by atoms with van der Waals surface area (Å²) < 4.78 is 25.7. The van der Waals surface area contributed by atoms with E-state index in [1.165, 1.54) is 12.1 Å². The largest absolute Gasteiger partial charge is 0.490 e. The molecule has 158 valence electrons. The van der Waals surface area contributed by atoms with Crippen molar-refractivity contribution in [2.75, 3.05) is 11.9 Å². The van der Waals surface area contributed by atoms with Crippen LogP contribution in [0.5, 0.6) is 11.5 Å². The first-order valence-corrected chi connectivity index (χ1v) is 11.0. The van der Waals surface area contributed by atoms with E-state index in [0.717, 1.165) is 15.7 Å². The third-order valence-corrected chi connectivity index (χ3v) is 5.85. The number of hydrogen-bond acceptors (Lipinski definition) is 3. The molecule has 0 fully saturated rings. The second-order valence-electron chi connectivity index (χ2n) is 6.33. The van der Waals surface area contributed by atoms with Gasteiger partial charge in [0.25, 0.3) is 0 Å². The number of rotatable bonds is 8. The van der Waals surface area contributed by atoms with E-state index in [4.69, 9.17) is 44.3 Å². The molecule has 3 aromatic rings. The van der Waals surface area contributed by atoms with Crippen LogP contribution in [0.25, 0.3) is 0 Å². The number of anilines is 1. The maximum absolute atomic E-state index is 13.2. The zero-order valence-corrected chi connectivity index (χ0v) is 19.8. The summed E-state index contributed by atoms with van der Waals surface area (Å²) in [6.07, 6.45) is 0. The van der Waals surface area contributed by atoms with Gasteiger partial charge < -0.3 is 14.8 Å². The van der Waals surface area contributed by atoms with Gasteiger partial charge in [-0.05, 0) is 55.0 Å². The lowest BCUT2D eigenvalue weighted by Gasteiger charge is -2.16. The SMILES string of the molecule is CCOc1cc(CNc2ccc(Cl)cc2Cl)c(Br)cc1OCc1ccc(F)cc1Cl. The Labute approximate surface area is 198 Å². The summed E-state index contributed by atoms with van der Waals surface area (Å²) in [5, 5.41) is 4.72. The molecule has 0 aliphatic carbocycles. The van der Waals surface area contributed by atoms with Gasteiger partial charge in [0.15, 0.2) is 11.5 Å². The number of nitrogens with one attached hydrogen (secondary N) is 1. The van der Waals surface area contributed by atoms with Crippen molar-refractivity contribution in [2.24, 2.45) is 0 Å². The molecule has 0 aliphatic rings. The van der Waals surface area contributed by atoms with E-state index >= 15 is 0 Å². The van der Waals surface area contributed by atoms with Gasteiger partial charge in [-0.2, -0.15) is 0 Å². The summed E-state index contributed by atoms with van der Waals surface area (Å²) in [5.41, 5.74) is 2.41. The average Bonchev–Trinajstić information content (AvgIpc) is 2.69. The molecule has 0 saturated carbocycles. The first kappa shape index (κ1) is 23.0. The highest BCUT2D eigenvalue weighted by Crippen LogP contribution is 2.36. The van der Waals surface area contributed by atoms with Gasteiger partial charge in [-0.25, -0.2) is 4.39 Å². The Morgan fingerprint density at radius 1 is 0.900 bits per heavy atom. The molecule has 0 aromatic heterocycles. The molecule has 0 saturated heterocycles. The van der Waals surface area contributed by atoms with Gasteiger partial charge in [0.05, 0.1) is 22.3 Å². The molecule has 0 bridgehead atoms. The van der Waals surface area contributed by atoms with E-state index in [1.54, 1.807) is 18.2 Å². The third kappa shape index (κ3) is 5.94. The van der Waals surface area contributed by atoms with Crippen LogP contribution in [0.15, 0.2) is 53.0 Å². The molecule has 0 aliphatic heterocycles. The predicted molar refractivity (Wildman–Crippen MR) is 125 cm³/mol. The van der Waals surface area contributed by atoms with Crippen molar-refractivity contribution < 1.29 is 13.9 Å². The fourth-order valence-electron chi connectivity index (χ4n) is 2.71. The maximum atomic E-state index is 13.2. The van der Waals surface area contributed by atoms with Crippen molar-refractivity contribution in [1.82, 2.24) is 0 Å². The van der Waals surface area contributed by atoms with E-state index in [2.05, 4.69) is 21.2 Å². The number of hydrogen-bond donors (Lipinski definition) is 1. The summed E-state index contributed by atoms with van der Waals surface area (Å²) >= 11 is 21.8. The topological polar surface area (TPSA) is 30.5 Å². The van der Waals surface area contributed by atoms with E-state index in [9.17, 15) is 4.39 Å².